The zero-order chi connectivity index (χ0) is 24.5. The molecule has 0 saturated carbocycles. The molecule has 2 unspecified atom stereocenters. The summed E-state index contributed by atoms with van der Waals surface area (Å²) in [5.74, 6) is -0.884. The molecule has 34 heavy (non-hydrogen) atoms. The van der Waals surface area contributed by atoms with E-state index < -0.39 is 35.5 Å². The van der Waals surface area contributed by atoms with Crippen LogP contribution in [0.4, 0.5) is 0 Å². The first-order valence-corrected chi connectivity index (χ1v) is 10.7. The number of carbonyl (C=O) groups excluding carboxylic acids is 2. The van der Waals surface area contributed by atoms with Crippen LogP contribution in [0, 0.1) is 0 Å². The summed E-state index contributed by atoms with van der Waals surface area (Å²) in [5.41, 5.74) is 0.141. The number of esters is 2. The highest BCUT2D eigenvalue weighted by Crippen LogP contribution is 2.20. The second kappa shape index (κ2) is 11.8. The number of aromatic amines is 1. The third kappa shape index (κ3) is 6.75. The number of benzene rings is 1. The molecule has 0 aliphatic carbocycles. The van der Waals surface area contributed by atoms with Gasteiger partial charge in [-0.2, -0.15) is 0 Å². The molecule has 1 aliphatic heterocycles. The van der Waals surface area contributed by atoms with Gasteiger partial charge in [-0.05, 0) is 42.3 Å². The summed E-state index contributed by atoms with van der Waals surface area (Å²) >= 11 is 0. The number of nitrogens with zero attached hydrogens (tertiary/aromatic N) is 2. The number of rotatable bonds is 10. The van der Waals surface area contributed by atoms with E-state index in [4.69, 9.17) is 19.4 Å². The Balaban J connectivity index is 1.39. The van der Waals surface area contributed by atoms with E-state index in [2.05, 4.69) is 10.1 Å². The maximum absolute atomic E-state index is 12.0. The van der Waals surface area contributed by atoms with Crippen LogP contribution in [-0.2, 0) is 19.1 Å². The molecule has 1 aromatic heterocycles. The van der Waals surface area contributed by atoms with Crippen molar-refractivity contribution in [2.75, 3.05) is 6.61 Å². The third-order valence-electron chi connectivity index (χ3n) is 4.90. The molecule has 1 aromatic carbocycles. The Hall–Kier alpha value is -3.99. The molecule has 0 saturated heterocycles. The van der Waals surface area contributed by atoms with Gasteiger partial charge in [-0.1, -0.05) is 24.6 Å². The van der Waals surface area contributed by atoms with Crippen molar-refractivity contribution < 1.29 is 29.0 Å². The van der Waals surface area contributed by atoms with Gasteiger partial charge in [0, 0.05) is 12.3 Å². The lowest BCUT2D eigenvalue weighted by molar-refractivity contribution is -0.150. The van der Waals surface area contributed by atoms with Gasteiger partial charge in [0.1, 0.15) is 18.5 Å². The molecule has 11 nitrogen and oxygen atoms in total. The fourth-order valence-corrected chi connectivity index (χ4v) is 3.21. The predicted molar refractivity (Wildman–Crippen MR) is 120 cm³/mol. The highest BCUT2D eigenvalue weighted by molar-refractivity contribution is 6.00. The molecule has 0 radical (unpaired) electrons. The van der Waals surface area contributed by atoms with Gasteiger partial charge < -0.3 is 19.4 Å². The van der Waals surface area contributed by atoms with E-state index >= 15 is 0 Å². The van der Waals surface area contributed by atoms with Crippen molar-refractivity contribution >= 4 is 17.7 Å². The quantitative estimate of drug-likeness (QED) is 0.133. The van der Waals surface area contributed by atoms with Crippen LogP contribution < -0.4 is 16.0 Å². The molecule has 0 bridgehead atoms. The van der Waals surface area contributed by atoms with Gasteiger partial charge in [0.05, 0.1) is 18.6 Å². The standard InChI is InChI=1S/C23H25N3O8/c1-2-3-18(25-31)15-4-6-16(7-5-15)34-22(29)11-10-21(28)32-14-17-8-9-20(33-17)26-13-12-19(27)24-23(26)30/h4-9,12-13,17,20,31H,2-3,10-11,14H2,1H3,(H,24,27,30)/b25-18+. The Labute approximate surface area is 194 Å². The Bertz CT molecular complexity index is 1180. The summed E-state index contributed by atoms with van der Waals surface area (Å²) < 4.78 is 17.2. The number of ether oxygens (including phenoxy) is 3. The number of oxime groups is 1. The maximum atomic E-state index is 12.0. The number of hydrogen-bond acceptors (Lipinski definition) is 9. The van der Waals surface area contributed by atoms with Crippen LogP contribution in [0.5, 0.6) is 5.75 Å². The second-order valence-corrected chi connectivity index (χ2v) is 7.45. The minimum Gasteiger partial charge on any atom is -0.463 e. The molecule has 0 amide bonds. The summed E-state index contributed by atoms with van der Waals surface area (Å²) in [4.78, 5) is 49.1. The average Bonchev–Trinajstić information content (AvgIpc) is 3.29. The summed E-state index contributed by atoms with van der Waals surface area (Å²) in [6.45, 7) is 1.88. The van der Waals surface area contributed by atoms with Crippen LogP contribution >= 0.6 is 0 Å². The largest absolute Gasteiger partial charge is 0.463 e. The van der Waals surface area contributed by atoms with Crippen LogP contribution in [0.3, 0.4) is 0 Å². The summed E-state index contributed by atoms with van der Waals surface area (Å²) in [6.07, 6.45) is 4.36. The zero-order valence-electron chi connectivity index (χ0n) is 18.5. The van der Waals surface area contributed by atoms with Crippen molar-refractivity contribution in [3.05, 3.63) is 75.1 Å². The number of aromatic nitrogens is 2. The fraction of sp³-hybridized carbons (Fsp3) is 0.348. The van der Waals surface area contributed by atoms with E-state index in [-0.39, 0.29) is 19.4 Å². The van der Waals surface area contributed by atoms with Gasteiger partial charge >= 0.3 is 17.6 Å². The number of H-pyrrole nitrogens is 1. The van der Waals surface area contributed by atoms with Crippen LogP contribution in [0.25, 0.3) is 0 Å². The molecular formula is C23H25N3O8. The van der Waals surface area contributed by atoms with Crippen molar-refractivity contribution in [1.82, 2.24) is 9.55 Å². The third-order valence-corrected chi connectivity index (χ3v) is 4.90. The Morgan fingerprint density at radius 1 is 1.09 bits per heavy atom. The van der Waals surface area contributed by atoms with Crippen LogP contribution in [0.15, 0.2) is 63.4 Å². The molecular weight excluding hydrogens is 446 g/mol. The molecule has 0 spiro atoms. The van der Waals surface area contributed by atoms with Crippen LogP contribution in [-0.4, -0.2) is 45.1 Å². The van der Waals surface area contributed by atoms with Gasteiger partial charge in [-0.25, -0.2) is 4.79 Å². The first-order valence-electron chi connectivity index (χ1n) is 10.7. The lowest BCUT2D eigenvalue weighted by atomic mass is 10.1. The number of carbonyl (C=O) groups is 2. The van der Waals surface area contributed by atoms with Gasteiger partial charge in [-0.3, -0.25) is 23.9 Å². The molecule has 2 N–H and O–H groups in total. The van der Waals surface area contributed by atoms with Gasteiger partial charge in [-0.15, -0.1) is 0 Å². The van der Waals surface area contributed by atoms with E-state index in [1.807, 2.05) is 6.92 Å². The highest BCUT2D eigenvalue weighted by Gasteiger charge is 2.23. The SMILES string of the molecule is CCC/C(=N\O)c1ccc(OC(=O)CCC(=O)OCC2C=CC(n3ccc(=O)[nH]c3=O)O2)cc1. The van der Waals surface area contributed by atoms with E-state index in [1.54, 1.807) is 36.4 Å². The lowest BCUT2D eigenvalue weighted by Gasteiger charge is -2.15. The lowest BCUT2D eigenvalue weighted by Crippen LogP contribution is -2.32. The summed E-state index contributed by atoms with van der Waals surface area (Å²) in [6, 6.07) is 7.74. The molecule has 3 rings (SSSR count). The Morgan fingerprint density at radius 3 is 2.50 bits per heavy atom. The van der Waals surface area contributed by atoms with Crippen molar-refractivity contribution in [3.63, 3.8) is 0 Å². The van der Waals surface area contributed by atoms with Crippen molar-refractivity contribution in [2.24, 2.45) is 5.16 Å². The monoisotopic (exact) mass is 471 g/mol. The first kappa shape index (κ1) is 24.6. The second-order valence-electron chi connectivity index (χ2n) is 7.45. The minimum absolute atomic E-state index is 0.0903. The maximum Gasteiger partial charge on any atom is 0.330 e. The average molecular weight is 471 g/mol. The molecule has 1 aliphatic rings. The van der Waals surface area contributed by atoms with Gasteiger partial charge in [0.2, 0.25) is 0 Å². The van der Waals surface area contributed by atoms with E-state index in [1.165, 1.54) is 16.8 Å². The minimum atomic E-state index is -0.726. The summed E-state index contributed by atoms with van der Waals surface area (Å²) in [7, 11) is 0. The molecule has 180 valence electrons. The molecule has 2 heterocycles. The normalized spacial score (nSPS) is 17.5. The zero-order valence-corrected chi connectivity index (χ0v) is 18.5. The van der Waals surface area contributed by atoms with Crippen molar-refractivity contribution in [1.29, 1.82) is 0 Å². The molecule has 2 atom stereocenters. The summed E-state index contributed by atoms with van der Waals surface area (Å²) in [5, 5.41) is 12.3. The van der Waals surface area contributed by atoms with Crippen molar-refractivity contribution in [2.45, 2.75) is 44.9 Å². The van der Waals surface area contributed by atoms with Gasteiger partial charge in [0.25, 0.3) is 5.56 Å². The number of hydrogen-bond donors (Lipinski definition) is 2. The topological polar surface area (TPSA) is 149 Å². The smallest absolute Gasteiger partial charge is 0.330 e. The van der Waals surface area contributed by atoms with Crippen LogP contribution in [0.2, 0.25) is 0 Å². The van der Waals surface area contributed by atoms with E-state index in [0.717, 1.165) is 12.0 Å². The Morgan fingerprint density at radius 2 is 1.82 bits per heavy atom. The van der Waals surface area contributed by atoms with Crippen molar-refractivity contribution in [3.8, 4) is 5.75 Å². The van der Waals surface area contributed by atoms with E-state index in [9.17, 15) is 19.2 Å². The highest BCUT2D eigenvalue weighted by atomic mass is 16.6. The molecule has 11 heteroatoms. The first-order chi connectivity index (χ1) is 16.4. The molecule has 2 aromatic rings. The Kier molecular flexibility index (Phi) is 8.52. The number of nitrogens with one attached hydrogen (secondary N) is 1. The predicted octanol–water partition coefficient (Wildman–Crippen LogP) is 1.90. The van der Waals surface area contributed by atoms with E-state index in [0.29, 0.717) is 17.9 Å². The van der Waals surface area contributed by atoms with Crippen LogP contribution in [0.1, 0.15) is 44.4 Å². The fourth-order valence-electron chi connectivity index (χ4n) is 3.21. The van der Waals surface area contributed by atoms with Gasteiger partial charge in [0.15, 0.2) is 6.23 Å². The molecule has 0 fully saturated rings.